The second-order valence-corrected chi connectivity index (χ2v) is 5.18. The van der Waals surface area contributed by atoms with Gasteiger partial charge in [0.15, 0.2) is 0 Å². The highest BCUT2D eigenvalue weighted by Crippen LogP contribution is 2.28. The molecule has 1 saturated heterocycles. The first-order valence-electron chi connectivity index (χ1n) is 6.68. The average Bonchev–Trinajstić information content (AvgIpc) is 2.74. The number of hydrogen-bond acceptors (Lipinski definition) is 1. The van der Waals surface area contributed by atoms with Gasteiger partial charge in [0.1, 0.15) is 0 Å². The van der Waals surface area contributed by atoms with E-state index in [0.29, 0.717) is 0 Å². The molecule has 0 aromatic heterocycles. The lowest BCUT2D eigenvalue weighted by Crippen LogP contribution is -2.35. The summed E-state index contributed by atoms with van der Waals surface area (Å²) in [5.41, 5.74) is 0. The molecule has 0 atom stereocenters. The van der Waals surface area contributed by atoms with Gasteiger partial charge in [0.05, 0.1) is 5.84 Å². The number of rotatable bonds is 4. The Labute approximate surface area is 93.6 Å². The topological polar surface area (TPSA) is 27.1 Å². The Morgan fingerprint density at radius 2 is 1.93 bits per heavy atom. The molecule has 0 aromatic carbocycles. The van der Waals surface area contributed by atoms with Gasteiger partial charge < -0.3 is 4.90 Å². The van der Waals surface area contributed by atoms with E-state index >= 15 is 0 Å². The smallest absolute Gasteiger partial charge is 0.0957 e. The number of nitrogens with one attached hydrogen (secondary N) is 1. The molecule has 0 spiro atoms. The Kier molecular flexibility index (Phi) is 4.04. The van der Waals surface area contributed by atoms with Crippen LogP contribution in [0, 0.1) is 11.3 Å². The lowest BCUT2D eigenvalue weighted by molar-refractivity contribution is 0.342. The SMILES string of the molecule is N=C1CCCCN1CCCC1CCCC1. The molecule has 2 heteroatoms. The van der Waals surface area contributed by atoms with Gasteiger partial charge >= 0.3 is 0 Å². The van der Waals surface area contributed by atoms with E-state index in [1.165, 1.54) is 51.4 Å². The van der Waals surface area contributed by atoms with Gasteiger partial charge in [-0.25, -0.2) is 0 Å². The third kappa shape index (κ3) is 3.22. The van der Waals surface area contributed by atoms with Gasteiger partial charge in [-0.3, -0.25) is 5.41 Å². The maximum absolute atomic E-state index is 7.86. The van der Waals surface area contributed by atoms with Crippen molar-refractivity contribution in [2.75, 3.05) is 13.1 Å². The summed E-state index contributed by atoms with van der Waals surface area (Å²) >= 11 is 0. The molecule has 1 aliphatic heterocycles. The molecule has 0 unspecified atom stereocenters. The van der Waals surface area contributed by atoms with Crippen LogP contribution in [0.4, 0.5) is 0 Å². The molecule has 2 rings (SSSR count). The summed E-state index contributed by atoms with van der Waals surface area (Å²) in [5, 5.41) is 7.86. The first-order chi connectivity index (χ1) is 7.36. The van der Waals surface area contributed by atoms with Crippen LogP contribution in [0.5, 0.6) is 0 Å². The highest BCUT2D eigenvalue weighted by Gasteiger charge is 2.17. The maximum atomic E-state index is 7.86. The van der Waals surface area contributed by atoms with Crippen molar-refractivity contribution in [2.24, 2.45) is 5.92 Å². The van der Waals surface area contributed by atoms with Crippen LogP contribution in [-0.2, 0) is 0 Å². The quantitative estimate of drug-likeness (QED) is 0.753. The van der Waals surface area contributed by atoms with Crippen molar-refractivity contribution in [1.29, 1.82) is 5.41 Å². The fraction of sp³-hybridized carbons (Fsp3) is 0.923. The zero-order valence-electron chi connectivity index (χ0n) is 9.80. The van der Waals surface area contributed by atoms with Crippen molar-refractivity contribution < 1.29 is 0 Å². The molecule has 0 aromatic rings. The van der Waals surface area contributed by atoms with E-state index in [-0.39, 0.29) is 0 Å². The third-order valence-electron chi connectivity index (χ3n) is 3.99. The predicted octanol–water partition coefficient (Wildman–Crippen LogP) is 3.42. The lowest BCUT2D eigenvalue weighted by Gasteiger charge is -2.29. The van der Waals surface area contributed by atoms with Crippen molar-refractivity contribution in [3.63, 3.8) is 0 Å². The molecule has 1 N–H and O–H groups in total. The van der Waals surface area contributed by atoms with Gasteiger partial charge in [0, 0.05) is 19.5 Å². The van der Waals surface area contributed by atoms with Crippen LogP contribution in [0.1, 0.15) is 57.8 Å². The van der Waals surface area contributed by atoms with Gasteiger partial charge in [0.25, 0.3) is 0 Å². The van der Waals surface area contributed by atoms with E-state index in [9.17, 15) is 0 Å². The van der Waals surface area contributed by atoms with Crippen LogP contribution in [-0.4, -0.2) is 23.8 Å². The first kappa shape index (κ1) is 11.0. The van der Waals surface area contributed by atoms with Crippen molar-refractivity contribution in [3.05, 3.63) is 0 Å². The van der Waals surface area contributed by atoms with E-state index in [1.807, 2.05) is 0 Å². The summed E-state index contributed by atoms with van der Waals surface area (Å²) in [6, 6.07) is 0. The fourth-order valence-electron chi connectivity index (χ4n) is 3.00. The molecule has 2 nitrogen and oxygen atoms in total. The molecule has 1 aliphatic carbocycles. The number of amidine groups is 1. The van der Waals surface area contributed by atoms with E-state index < -0.39 is 0 Å². The third-order valence-corrected chi connectivity index (χ3v) is 3.99. The summed E-state index contributed by atoms with van der Waals surface area (Å²) < 4.78 is 0. The van der Waals surface area contributed by atoms with E-state index in [4.69, 9.17) is 5.41 Å². The summed E-state index contributed by atoms with van der Waals surface area (Å²) in [6.07, 6.45) is 12.1. The molecular formula is C13H24N2. The average molecular weight is 208 g/mol. The van der Waals surface area contributed by atoms with Crippen LogP contribution in [0.25, 0.3) is 0 Å². The van der Waals surface area contributed by atoms with E-state index in [1.54, 1.807) is 0 Å². The summed E-state index contributed by atoms with van der Waals surface area (Å²) in [6.45, 7) is 2.29. The Morgan fingerprint density at radius 1 is 1.13 bits per heavy atom. The Morgan fingerprint density at radius 3 is 2.67 bits per heavy atom. The van der Waals surface area contributed by atoms with Crippen LogP contribution >= 0.6 is 0 Å². The van der Waals surface area contributed by atoms with Crippen molar-refractivity contribution in [3.8, 4) is 0 Å². The molecule has 0 amide bonds. The van der Waals surface area contributed by atoms with Gasteiger partial charge in [-0.15, -0.1) is 0 Å². The molecule has 2 fully saturated rings. The molecule has 1 heterocycles. The Balaban J connectivity index is 1.61. The zero-order chi connectivity index (χ0) is 10.5. The van der Waals surface area contributed by atoms with Crippen LogP contribution in [0.15, 0.2) is 0 Å². The molecule has 0 radical (unpaired) electrons. The Hall–Kier alpha value is -0.530. The van der Waals surface area contributed by atoms with E-state index in [0.717, 1.165) is 31.3 Å². The number of hydrogen-bond donors (Lipinski definition) is 1. The second kappa shape index (κ2) is 5.53. The summed E-state index contributed by atoms with van der Waals surface area (Å²) in [5.74, 6) is 1.91. The van der Waals surface area contributed by atoms with E-state index in [2.05, 4.69) is 4.90 Å². The molecule has 2 aliphatic rings. The van der Waals surface area contributed by atoms with Gasteiger partial charge in [-0.1, -0.05) is 25.7 Å². The first-order valence-corrected chi connectivity index (χ1v) is 6.68. The van der Waals surface area contributed by atoms with Crippen LogP contribution in [0.3, 0.4) is 0 Å². The predicted molar refractivity (Wildman–Crippen MR) is 64.3 cm³/mol. The second-order valence-electron chi connectivity index (χ2n) is 5.18. The summed E-state index contributed by atoms with van der Waals surface area (Å²) in [7, 11) is 0. The van der Waals surface area contributed by atoms with Crippen molar-refractivity contribution in [1.82, 2.24) is 4.90 Å². The monoisotopic (exact) mass is 208 g/mol. The fourth-order valence-corrected chi connectivity index (χ4v) is 3.00. The van der Waals surface area contributed by atoms with Crippen LogP contribution in [0.2, 0.25) is 0 Å². The minimum Gasteiger partial charge on any atom is -0.361 e. The maximum Gasteiger partial charge on any atom is 0.0957 e. The lowest BCUT2D eigenvalue weighted by atomic mass is 10.0. The van der Waals surface area contributed by atoms with Gasteiger partial charge in [-0.2, -0.15) is 0 Å². The normalized spacial score (nSPS) is 23.7. The highest BCUT2D eigenvalue weighted by molar-refractivity contribution is 5.79. The molecule has 15 heavy (non-hydrogen) atoms. The van der Waals surface area contributed by atoms with Crippen molar-refractivity contribution in [2.45, 2.75) is 57.8 Å². The number of piperidine rings is 1. The molecule has 86 valence electrons. The number of nitrogens with zero attached hydrogens (tertiary/aromatic N) is 1. The van der Waals surface area contributed by atoms with Crippen LogP contribution < -0.4 is 0 Å². The molecular weight excluding hydrogens is 184 g/mol. The molecule has 0 bridgehead atoms. The van der Waals surface area contributed by atoms with Gasteiger partial charge in [0.2, 0.25) is 0 Å². The highest BCUT2D eigenvalue weighted by atomic mass is 15.2. The zero-order valence-corrected chi connectivity index (χ0v) is 9.80. The van der Waals surface area contributed by atoms with Gasteiger partial charge in [-0.05, 0) is 31.6 Å². The van der Waals surface area contributed by atoms with Crippen molar-refractivity contribution >= 4 is 5.84 Å². The largest absolute Gasteiger partial charge is 0.361 e. The molecule has 1 saturated carbocycles. The summed E-state index contributed by atoms with van der Waals surface area (Å²) in [4.78, 5) is 2.30. The Bertz CT molecular complexity index is 207. The standard InChI is InChI=1S/C13H24N2/c14-13-9-3-4-10-15(13)11-5-8-12-6-1-2-7-12/h12,14H,1-11H2. The minimum absolute atomic E-state index is 0.896. The minimum atomic E-state index is 0.896. The number of likely N-dealkylation sites (tertiary alicyclic amines) is 1.